The van der Waals surface area contributed by atoms with Crippen LogP contribution in [0.5, 0.6) is 5.75 Å². The SMILES string of the molecule is Fc1ccc2c(c1C(F)(F)F)NC(=S)CO2. The number of benzene rings is 1. The summed E-state index contributed by atoms with van der Waals surface area (Å²) in [6.07, 6.45) is -4.79. The molecule has 0 saturated heterocycles. The van der Waals surface area contributed by atoms with Gasteiger partial charge in [0.2, 0.25) is 0 Å². The highest BCUT2D eigenvalue weighted by atomic mass is 32.1. The van der Waals surface area contributed by atoms with Crippen LogP contribution in [0.1, 0.15) is 5.56 Å². The van der Waals surface area contributed by atoms with Crippen LogP contribution in [0.3, 0.4) is 0 Å². The quantitative estimate of drug-likeness (QED) is 0.565. The summed E-state index contributed by atoms with van der Waals surface area (Å²) >= 11 is 4.68. The second-order valence-corrected chi connectivity index (χ2v) is 3.62. The molecule has 1 aromatic rings. The van der Waals surface area contributed by atoms with E-state index in [1.54, 1.807) is 0 Å². The van der Waals surface area contributed by atoms with Crippen LogP contribution in [0.25, 0.3) is 0 Å². The van der Waals surface area contributed by atoms with Gasteiger partial charge in [-0.25, -0.2) is 4.39 Å². The summed E-state index contributed by atoms with van der Waals surface area (Å²) in [6, 6.07) is 1.85. The van der Waals surface area contributed by atoms with Crippen LogP contribution in [-0.2, 0) is 6.18 Å². The van der Waals surface area contributed by atoms with Crippen molar-refractivity contribution in [2.45, 2.75) is 6.18 Å². The van der Waals surface area contributed by atoms with Gasteiger partial charge in [0.15, 0.2) is 0 Å². The lowest BCUT2D eigenvalue weighted by Crippen LogP contribution is -2.26. The number of rotatable bonds is 0. The van der Waals surface area contributed by atoms with E-state index in [1.807, 2.05) is 0 Å². The van der Waals surface area contributed by atoms with E-state index in [0.29, 0.717) is 0 Å². The fourth-order valence-corrected chi connectivity index (χ4v) is 1.56. The zero-order valence-electron chi connectivity index (χ0n) is 7.69. The number of halogens is 4. The zero-order valence-corrected chi connectivity index (χ0v) is 8.51. The molecule has 1 N–H and O–H groups in total. The average Bonchev–Trinajstić information content (AvgIpc) is 2.14. The summed E-state index contributed by atoms with van der Waals surface area (Å²) in [5, 5.41) is 2.32. The number of anilines is 1. The van der Waals surface area contributed by atoms with Gasteiger partial charge in [0.05, 0.1) is 5.69 Å². The third-order valence-electron chi connectivity index (χ3n) is 2.02. The predicted octanol–water partition coefficient (Wildman–Crippen LogP) is 2.98. The van der Waals surface area contributed by atoms with Crippen molar-refractivity contribution < 1.29 is 22.3 Å². The summed E-state index contributed by atoms with van der Waals surface area (Å²) in [4.78, 5) is 0.0867. The van der Waals surface area contributed by atoms with Crippen LogP contribution < -0.4 is 10.1 Å². The van der Waals surface area contributed by atoms with E-state index in [0.717, 1.165) is 12.1 Å². The van der Waals surface area contributed by atoms with Gasteiger partial charge in [-0.2, -0.15) is 13.2 Å². The Balaban J connectivity index is 2.63. The lowest BCUT2D eigenvalue weighted by Gasteiger charge is -2.23. The largest absolute Gasteiger partial charge is 0.484 e. The third-order valence-corrected chi connectivity index (χ3v) is 2.24. The molecule has 0 aromatic heterocycles. The van der Waals surface area contributed by atoms with Crippen molar-refractivity contribution in [1.29, 1.82) is 0 Å². The van der Waals surface area contributed by atoms with Crippen LogP contribution in [0.4, 0.5) is 23.2 Å². The third kappa shape index (κ3) is 1.82. The summed E-state index contributed by atoms with van der Waals surface area (Å²) in [5.41, 5.74) is -1.84. The lowest BCUT2D eigenvalue weighted by atomic mass is 10.1. The number of fused-ring (bicyclic) bond motifs is 1. The standard InChI is InChI=1S/C9H5F4NOS/c10-4-1-2-5-8(7(4)9(11,12)13)14-6(16)3-15-5/h1-2H,3H2,(H,14,16). The first-order chi connectivity index (χ1) is 7.39. The van der Waals surface area contributed by atoms with Gasteiger partial charge in [-0.05, 0) is 12.1 Å². The highest BCUT2D eigenvalue weighted by Gasteiger charge is 2.39. The second kappa shape index (κ2) is 3.58. The van der Waals surface area contributed by atoms with Crippen molar-refractivity contribution in [1.82, 2.24) is 0 Å². The Morgan fingerprint density at radius 1 is 1.31 bits per heavy atom. The Bertz CT molecular complexity index is 458. The smallest absolute Gasteiger partial charge is 0.421 e. The van der Waals surface area contributed by atoms with Gasteiger partial charge in [0.1, 0.15) is 28.7 Å². The Morgan fingerprint density at radius 2 is 2.00 bits per heavy atom. The van der Waals surface area contributed by atoms with E-state index in [4.69, 9.17) is 4.74 Å². The van der Waals surface area contributed by atoms with Crippen molar-refractivity contribution in [3.8, 4) is 5.75 Å². The van der Waals surface area contributed by atoms with Crippen molar-refractivity contribution in [2.24, 2.45) is 0 Å². The highest BCUT2D eigenvalue weighted by molar-refractivity contribution is 7.80. The Hall–Kier alpha value is -1.37. The number of thiocarbonyl (C=S) groups is 1. The second-order valence-electron chi connectivity index (χ2n) is 3.13. The van der Waals surface area contributed by atoms with Gasteiger partial charge in [-0.3, -0.25) is 0 Å². The fraction of sp³-hybridized carbons (Fsp3) is 0.222. The van der Waals surface area contributed by atoms with Gasteiger partial charge < -0.3 is 10.1 Å². The molecule has 2 rings (SSSR count). The number of alkyl halides is 3. The molecule has 7 heteroatoms. The topological polar surface area (TPSA) is 21.3 Å². The molecular formula is C9H5F4NOS. The molecule has 1 aliphatic rings. The molecule has 0 spiro atoms. The first-order valence-corrected chi connectivity index (χ1v) is 4.63. The molecule has 1 aromatic carbocycles. The van der Waals surface area contributed by atoms with Gasteiger partial charge in [0, 0.05) is 0 Å². The number of nitrogens with one attached hydrogen (secondary N) is 1. The van der Waals surface area contributed by atoms with Crippen molar-refractivity contribution in [3.05, 3.63) is 23.5 Å². The van der Waals surface area contributed by atoms with Crippen molar-refractivity contribution >= 4 is 22.9 Å². The zero-order chi connectivity index (χ0) is 11.9. The van der Waals surface area contributed by atoms with Crippen LogP contribution in [0, 0.1) is 5.82 Å². The molecule has 2 nitrogen and oxygen atoms in total. The Morgan fingerprint density at radius 3 is 2.62 bits per heavy atom. The highest BCUT2D eigenvalue weighted by Crippen LogP contribution is 2.42. The molecule has 0 fully saturated rings. The Labute approximate surface area is 93.2 Å². The normalized spacial score (nSPS) is 15.1. The van der Waals surface area contributed by atoms with E-state index < -0.39 is 23.2 Å². The maximum Gasteiger partial charge on any atom is 0.421 e. The molecule has 0 saturated carbocycles. The minimum atomic E-state index is -4.79. The molecule has 0 bridgehead atoms. The first kappa shape index (κ1) is 11.1. The molecule has 16 heavy (non-hydrogen) atoms. The van der Waals surface area contributed by atoms with Gasteiger partial charge in [-0.1, -0.05) is 12.2 Å². The van der Waals surface area contributed by atoms with E-state index in [2.05, 4.69) is 17.5 Å². The molecule has 86 valence electrons. The molecule has 0 aliphatic carbocycles. The van der Waals surface area contributed by atoms with Gasteiger partial charge in [-0.15, -0.1) is 0 Å². The van der Waals surface area contributed by atoms with E-state index in [-0.39, 0.29) is 17.3 Å². The summed E-state index contributed by atoms with van der Waals surface area (Å²) in [6.45, 7) is -0.00867. The predicted molar refractivity (Wildman–Crippen MR) is 53.1 cm³/mol. The van der Waals surface area contributed by atoms with Crippen LogP contribution in [-0.4, -0.2) is 11.6 Å². The summed E-state index contributed by atoms with van der Waals surface area (Å²) in [7, 11) is 0. The maximum atomic E-state index is 13.1. The van der Waals surface area contributed by atoms with Crippen LogP contribution >= 0.6 is 12.2 Å². The lowest BCUT2D eigenvalue weighted by molar-refractivity contribution is -0.139. The van der Waals surface area contributed by atoms with Crippen LogP contribution in [0.15, 0.2) is 12.1 Å². The molecule has 0 amide bonds. The van der Waals surface area contributed by atoms with Crippen molar-refractivity contribution in [2.75, 3.05) is 11.9 Å². The molecule has 1 heterocycles. The van der Waals surface area contributed by atoms with E-state index in [1.165, 1.54) is 0 Å². The van der Waals surface area contributed by atoms with Gasteiger partial charge >= 0.3 is 6.18 Å². The van der Waals surface area contributed by atoms with Gasteiger partial charge in [0.25, 0.3) is 0 Å². The summed E-state index contributed by atoms with van der Waals surface area (Å²) < 4.78 is 55.9. The fourth-order valence-electron chi connectivity index (χ4n) is 1.40. The molecular weight excluding hydrogens is 246 g/mol. The minimum absolute atomic E-state index is 0.00867. The van der Waals surface area contributed by atoms with E-state index in [9.17, 15) is 17.6 Å². The number of ether oxygens (including phenoxy) is 1. The first-order valence-electron chi connectivity index (χ1n) is 4.22. The Kier molecular flexibility index (Phi) is 2.49. The van der Waals surface area contributed by atoms with E-state index >= 15 is 0 Å². The monoisotopic (exact) mass is 251 g/mol. The molecule has 1 aliphatic heterocycles. The number of hydrogen-bond donors (Lipinski definition) is 1. The summed E-state index contributed by atoms with van der Waals surface area (Å²) in [5.74, 6) is -1.41. The average molecular weight is 251 g/mol. The van der Waals surface area contributed by atoms with Crippen molar-refractivity contribution in [3.63, 3.8) is 0 Å². The molecule has 0 unspecified atom stereocenters. The minimum Gasteiger partial charge on any atom is -0.484 e. The number of hydrogen-bond acceptors (Lipinski definition) is 2. The van der Waals surface area contributed by atoms with Crippen LogP contribution in [0.2, 0.25) is 0 Å². The molecule has 0 atom stereocenters. The molecule has 0 radical (unpaired) electrons. The maximum absolute atomic E-state index is 13.1.